The van der Waals surface area contributed by atoms with Crippen LogP contribution in [0.2, 0.25) is 0 Å². The Bertz CT molecular complexity index is 2890. The van der Waals surface area contributed by atoms with Crippen LogP contribution in [0.1, 0.15) is 0 Å². The molecule has 0 atom stereocenters. The second-order valence-electron chi connectivity index (χ2n) is 12.5. The third-order valence-electron chi connectivity index (χ3n) is 9.66. The molecule has 2 aromatic heterocycles. The fraction of sp³-hybridized carbons (Fsp3) is 0. The second kappa shape index (κ2) is 11.0. The smallest absolute Gasteiger partial charge is 0.160 e. The van der Waals surface area contributed by atoms with Crippen LogP contribution in [-0.2, 0) is 0 Å². The highest BCUT2D eigenvalue weighted by molar-refractivity contribution is 6.21. The van der Waals surface area contributed by atoms with Gasteiger partial charge in [0.1, 0.15) is 11.2 Å². The van der Waals surface area contributed by atoms with E-state index in [4.69, 9.17) is 14.4 Å². The molecule has 0 saturated carbocycles. The molecule has 3 heteroatoms. The molecule has 8 aromatic carbocycles. The maximum Gasteiger partial charge on any atom is 0.160 e. The normalized spacial score (nSPS) is 11.7. The fourth-order valence-electron chi connectivity index (χ4n) is 7.39. The number of hydrogen-bond acceptors (Lipinski definition) is 3. The summed E-state index contributed by atoms with van der Waals surface area (Å²) in [5.41, 5.74) is 8.81. The molecule has 0 bridgehead atoms. The number of furan rings is 1. The molecule has 3 nitrogen and oxygen atoms in total. The lowest BCUT2D eigenvalue weighted by Gasteiger charge is -2.17. The third kappa shape index (κ3) is 4.51. The van der Waals surface area contributed by atoms with E-state index in [-0.39, 0.29) is 0 Å². The van der Waals surface area contributed by atoms with Gasteiger partial charge in [0, 0.05) is 27.5 Å². The summed E-state index contributed by atoms with van der Waals surface area (Å²) in [6.45, 7) is 0. The highest BCUT2D eigenvalue weighted by atomic mass is 16.3. The number of fused-ring (bicyclic) bond motifs is 7. The van der Waals surface area contributed by atoms with Gasteiger partial charge in [0.2, 0.25) is 0 Å². The summed E-state index contributed by atoms with van der Waals surface area (Å²) < 4.78 is 6.31. The van der Waals surface area contributed by atoms with Crippen molar-refractivity contribution in [2.24, 2.45) is 0 Å². The first kappa shape index (κ1) is 27.5. The molecule has 0 fully saturated rings. The molecule has 0 N–H and O–H groups in total. The van der Waals surface area contributed by atoms with E-state index in [1.807, 2.05) is 30.3 Å². The van der Waals surface area contributed by atoms with Crippen molar-refractivity contribution in [1.29, 1.82) is 0 Å². The topological polar surface area (TPSA) is 38.9 Å². The molecule has 49 heavy (non-hydrogen) atoms. The van der Waals surface area contributed by atoms with Gasteiger partial charge in [0.15, 0.2) is 5.82 Å². The first-order valence-corrected chi connectivity index (χ1v) is 16.6. The largest absolute Gasteiger partial charge is 0.456 e. The summed E-state index contributed by atoms with van der Waals surface area (Å²) in [6.07, 6.45) is 0. The van der Waals surface area contributed by atoms with Crippen molar-refractivity contribution in [3.05, 3.63) is 170 Å². The van der Waals surface area contributed by atoms with Gasteiger partial charge in [-0.2, -0.15) is 0 Å². The summed E-state index contributed by atoms with van der Waals surface area (Å²) in [5.74, 6) is 0.692. The molecule has 10 aromatic rings. The zero-order valence-corrected chi connectivity index (χ0v) is 26.5. The number of para-hydroxylation sites is 1. The number of nitrogens with zero attached hydrogens (tertiary/aromatic N) is 2. The Morgan fingerprint density at radius 1 is 0.367 bits per heavy atom. The Labute approximate surface area is 282 Å². The Kier molecular flexibility index (Phi) is 6.18. The van der Waals surface area contributed by atoms with Crippen LogP contribution in [-0.4, -0.2) is 9.97 Å². The van der Waals surface area contributed by atoms with Gasteiger partial charge >= 0.3 is 0 Å². The van der Waals surface area contributed by atoms with E-state index >= 15 is 0 Å². The first-order valence-electron chi connectivity index (χ1n) is 16.6. The maximum atomic E-state index is 6.31. The molecule has 0 radical (unpaired) electrons. The molecule has 0 saturated heterocycles. The Balaban J connectivity index is 1.26. The van der Waals surface area contributed by atoms with Crippen LogP contribution in [0.25, 0.3) is 99.3 Å². The van der Waals surface area contributed by atoms with Gasteiger partial charge < -0.3 is 4.42 Å². The van der Waals surface area contributed by atoms with E-state index in [9.17, 15) is 0 Å². The number of hydrogen-bond donors (Lipinski definition) is 0. The van der Waals surface area contributed by atoms with E-state index in [1.165, 1.54) is 32.3 Å². The van der Waals surface area contributed by atoms with Crippen molar-refractivity contribution in [2.45, 2.75) is 0 Å². The number of aromatic nitrogens is 2. The SMILES string of the molecule is c1ccc(-c2nc(-c3ccccc3-c3ccc4c(c3)oc3ccccc34)cc(-c3c4ccccc4cc4ccc5ccccc5c34)n2)cc1. The van der Waals surface area contributed by atoms with Crippen molar-refractivity contribution in [1.82, 2.24) is 9.97 Å². The van der Waals surface area contributed by atoms with Crippen molar-refractivity contribution >= 4 is 54.3 Å². The van der Waals surface area contributed by atoms with Crippen LogP contribution in [0.5, 0.6) is 0 Å². The van der Waals surface area contributed by atoms with Gasteiger partial charge in [-0.25, -0.2) is 9.97 Å². The Hall–Kier alpha value is -6.58. The number of rotatable bonds is 4. The minimum Gasteiger partial charge on any atom is -0.456 e. The summed E-state index contributed by atoms with van der Waals surface area (Å²) in [6, 6.07) is 59.7. The minimum atomic E-state index is 0.692. The van der Waals surface area contributed by atoms with Crippen LogP contribution in [0.3, 0.4) is 0 Å². The lowest BCUT2D eigenvalue weighted by molar-refractivity contribution is 0.669. The van der Waals surface area contributed by atoms with E-state index in [0.29, 0.717) is 5.82 Å². The highest BCUT2D eigenvalue weighted by Crippen LogP contribution is 2.42. The minimum absolute atomic E-state index is 0.692. The molecule has 0 aliphatic rings. The third-order valence-corrected chi connectivity index (χ3v) is 9.66. The molecule has 0 unspecified atom stereocenters. The van der Waals surface area contributed by atoms with Crippen LogP contribution in [0, 0.1) is 0 Å². The van der Waals surface area contributed by atoms with Crippen molar-refractivity contribution in [3.63, 3.8) is 0 Å². The Morgan fingerprint density at radius 3 is 1.90 bits per heavy atom. The molecule has 10 rings (SSSR count). The van der Waals surface area contributed by atoms with Crippen LogP contribution in [0.4, 0.5) is 0 Å². The summed E-state index contributed by atoms with van der Waals surface area (Å²) >= 11 is 0. The zero-order chi connectivity index (χ0) is 32.3. The van der Waals surface area contributed by atoms with Crippen molar-refractivity contribution in [3.8, 4) is 45.0 Å². The maximum absolute atomic E-state index is 6.31. The van der Waals surface area contributed by atoms with E-state index in [2.05, 4.69) is 140 Å². The zero-order valence-electron chi connectivity index (χ0n) is 26.5. The molecule has 0 spiro atoms. The van der Waals surface area contributed by atoms with Gasteiger partial charge in [0.25, 0.3) is 0 Å². The second-order valence-corrected chi connectivity index (χ2v) is 12.5. The average Bonchev–Trinajstić information content (AvgIpc) is 3.55. The number of benzene rings is 8. The average molecular weight is 625 g/mol. The molecule has 228 valence electrons. The summed E-state index contributed by atoms with van der Waals surface area (Å²) in [5, 5.41) is 9.39. The predicted molar refractivity (Wildman–Crippen MR) is 204 cm³/mol. The summed E-state index contributed by atoms with van der Waals surface area (Å²) in [7, 11) is 0. The lowest BCUT2D eigenvalue weighted by atomic mass is 9.90. The van der Waals surface area contributed by atoms with Crippen LogP contribution in [0.15, 0.2) is 174 Å². The quantitative estimate of drug-likeness (QED) is 0.144. The van der Waals surface area contributed by atoms with Crippen molar-refractivity contribution in [2.75, 3.05) is 0 Å². The van der Waals surface area contributed by atoms with Gasteiger partial charge in [-0.15, -0.1) is 0 Å². The monoisotopic (exact) mass is 624 g/mol. The molecule has 2 heterocycles. The predicted octanol–water partition coefficient (Wildman–Crippen LogP) is 12.5. The van der Waals surface area contributed by atoms with Gasteiger partial charge in [-0.3, -0.25) is 0 Å². The van der Waals surface area contributed by atoms with E-state index < -0.39 is 0 Å². The van der Waals surface area contributed by atoms with E-state index in [0.717, 1.165) is 61.1 Å². The summed E-state index contributed by atoms with van der Waals surface area (Å²) in [4.78, 5) is 10.6. The van der Waals surface area contributed by atoms with E-state index in [1.54, 1.807) is 0 Å². The standard InChI is InChI=1S/C46H28N2O/c1-2-13-30(14-3-1)46-47-40(37-19-9-8-16-34(37)32-24-25-39-38-20-10-11-21-42(38)49-43(39)27-32)28-41(48-46)45-36-18-7-5-15-31(36)26-33-23-22-29-12-4-6-17-35(29)44(33)45/h1-28H. The molecular formula is C46H28N2O. The highest BCUT2D eigenvalue weighted by Gasteiger charge is 2.19. The van der Waals surface area contributed by atoms with Gasteiger partial charge in [-0.1, -0.05) is 140 Å². The molecule has 0 aliphatic heterocycles. The van der Waals surface area contributed by atoms with Gasteiger partial charge in [0.05, 0.1) is 11.4 Å². The Morgan fingerprint density at radius 2 is 1.02 bits per heavy atom. The first-order chi connectivity index (χ1) is 24.3. The molecular weight excluding hydrogens is 597 g/mol. The van der Waals surface area contributed by atoms with Crippen LogP contribution < -0.4 is 0 Å². The fourth-order valence-corrected chi connectivity index (χ4v) is 7.39. The molecule has 0 amide bonds. The van der Waals surface area contributed by atoms with Gasteiger partial charge in [-0.05, 0) is 73.8 Å². The lowest BCUT2D eigenvalue weighted by Crippen LogP contribution is -1.98. The molecule has 0 aliphatic carbocycles. The van der Waals surface area contributed by atoms with Crippen molar-refractivity contribution < 1.29 is 4.42 Å². The van der Waals surface area contributed by atoms with Crippen LogP contribution >= 0.6 is 0 Å².